The molecule has 0 atom stereocenters. The first-order valence-electron chi connectivity index (χ1n) is 9.26. The summed E-state index contributed by atoms with van der Waals surface area (Å²) < 4.78 is 10.8. The molecule has 4 aromatic rings. The van der Waals surface area contributed by atoms with E-state index < -0.39 is 0 Å². The molecule has 0 fully saturated rings. The Hall–Kier alpha value is -3.93. The van der Waals surface area contributed by atoms with Gasteiger partial charge in [0, 0.05) is 22.4 Å². The highest BCUT2D eigenvalue weighted by molar-refractivity contribution is 6.04. The quantitative estimate of drug-likeness (QED) is 0.502. The van der Waals surface area contributed by atoms with Gasteiger partial charge >= 0.3 is 0 Å². The zero-order valence-electron chi connectivity index (χ0n) is 15.8. The van der Waals surface area contributed by atoms with Gasteiger partial charge in [-0.15, -0.1) is 0 Å². The van der Waals surface area contributed by atoms with Crippen molar-refractivity contribution in [3.63, 3.8) is 0 Å². The molecule has 0 radical (unpaired) electrons. The van der Waals surface area contributed by atoms with E-state index >= 15 is 0 Å². The van der Waals surface area contributed by atoms with Crippen LogP contribution in [0.3, 0.4) is 0 Å². The molecule has 29 heavy (non-hydrogen) atoms. The van der Waals surface area contributed by atoms with E-state index in [1.807, 2.05) is 49.4 Å². The smallest absolute Gasteiger partial charge is 0.258 e. The summed E-state index contributed by atoms with van der Waals surface area (Å²) in [5.74, 6) is 1.51. The van der Waals surface area contributed by atoms with Gasteiger partial charge in [0.1, 0.15) is 5.75 Å². The van der Waals surface area contributed by atoms with Gasteiger partial charge in [0.2, 0.25) is 5.82 Å². The van der Waals surface area contributed by atoms with E-state index in [1.165, 1.54) is 0 Å². The Morgan fingerprint density at radius 1 is 0.931 bits per heavy atom. The summed E-state index contributed by atoms with van der Waals surface area (Å²) >= 11 is 0. The highest BCUT2D eigenvalue weighted by Crippen LogP contribution is 2.23. The molecule has 1 aromatic heterocycles. The summed E-state index contributed by atoms with van der Waals surface area (Å²) in [6.45, 7) is 2.51. The minimum Gasteiger partial charge on any atom is -0.494 e. The molecule has 144 valence electrons. The Balaban J connectivity index is 1.44. The summed E-state index contributed by atoms with van der Waals surface area (Å²) in [7, 11) is 0. The second-order valence-corrected chi connectivity index (χ2v) is 6.28. The third-order valence-electron chi connectivity index (χ3n) is 4.28. The Morgan fingerprint density at radius 3 is 2.34 bits per heavy atom. The molecule has 1 amide bonds. The number of nitrogens with zero attached hydrogens (tertiary/aromatic N) is 2. The maximum atomic E-state index is 12.4. The van der Waals surface area contributed by atoms with Gasteiger partial charge in [-0.3, -0.25) is 4.79 Å². The first-order valence-corrected chi connectivity index (χ1v) is 9.26. The number of amides is 1. The summed E-state index contributed by atoms with van der Waals surface area (Å²) in [4.78, 5) is 16.8. The second-order valence-electron chi connectivity index (χ2n) is 6.28. The first-order chi connectivity index (χ1) is 14.2. The van der Waals surface area contributed by atoms with Crippen LogP contribution in [0.2, 0.25) is 0 Å². The molecule has 3 aromatic carbocycles. The van der Waals surface area contributed by atoms with Crippen molar-refractivity contribution in [2.45, 2.75) is 6.92 Å². The molecule has 4 rings (SSSR count). The third-order valence-corrected chi connectivity index (χ3v) is 4.28. The average Bonchev–Trinajstić information content (AvgIpc) is 3.26. The lowest BCUT2D eigenvalue weighted by atomic mass is 10.1. The van der Waals surface area contributed by atoms with Crippen molar-refractivity contribution in [2.75, 3.05) is 11.9 Å². The summed E-state index contributed by atoms with van der Waals surface area (Å²) in [5.41, 5.74) is 2.90. The van der Waals surface area contributed by atoms with E-state index in [-0.39, 0.29) is 5.91 Å². The highest BCUT2D eigenvalue weighted by Gasteiger charge is 2.11. The van der Waals surface area contributed by atoms with E-state index in [0.717, 1.165) is 16.9 Å². The van der Waals surface area contributed by atoms with E-state index in [4.69, 9.17) is 9.26 Å². The van der Waals surface area contributed by atoms with Gasteiger partial charge in [-0.25, -0.2) is 0 Å². The maximum absolute atomic E-state index is 12.4. The number of ether oxygens (including phenoxy) is 1. The number of anilines is 1. The Bertz CT molecular complexity index is 1090. The number of aromatic nitrogens is 2. The molecule has 0 saturated carbocycles. The van der Waals surface area contributed by atoms with Gasteiger partial charge in [-0.2, -0.15) is 4.98 Å². The van der Waals surface area contributed by atoms with Gasteiger partial charge in [-0.1, -0.05) is 35.5 Å². The van der Waals surface area contributed by atoms with Crippen molar-refractivity contribution in [3.8, 4) is 28.6 Å². The van der Waals surface area contributed by atoms with Crippen LogP contribution >= 0.6 is 0 Å². The fraction of sp³-hybridized carbons (Fsp3) is 0.0870. The molecule has 6 heteroatoms. The van der Waals surface area contributed by atoms with Gasteiger partial charge < -0.3 is 14.6 Å². The number of benzene rings is 3. The van der Waals surface area contributed by atoms with Crippen molar-refractivity contribution in [3.05, 3.63) is 84.4 Å². The van der Waals surface area contributed by atoms with Gasteiger partial charge in [-0.05, 0) is 55.5 Å². The molecule has 0 spiro atoms. The van der Waals surface area contributed by atoms with Crippen LogP contribution in [0.4, 0.5) is 5.69 Å². The molecular formula is C23H19N3O3. The van der Waals surface area contributed by atoms with Crippen LogP contribution in [0.15, 0.2) is 83.4 Å². The van der Waals surface area contributed by atoms with Crippen molar-refractivity contribution < 1.29 is 14.1 Å². The molecule has 0 unspecified atom stereocenters. The number of carbonyl (C=O) groups excluding carboxylic acids is 1. The predicted octanol–water partition coefficient (Wildman–Crippen LogP) is 5.05. The number of hydrogen-bond donors (Lipinski definition) is 1. The molecule has 1 N–H and O–H groups in total. The lowest BCUT2D eigenvalue weighted by Gasteiger charge is -2.07. The number of nitrogens with one attached hydrogen (secondary N) is 1. The predicted molar refractivity (Wildman–Crippen MR) is 111 cm³/mol. The van der Waals surface area contributed by atoms with E-state index in [1.54, 1.807) is 36.4 Å². The minimum absolute atomic E-state index is 0.190. The minimum atomic E-state index is -0.190. The van der Waals surface area contributed by atoms with Crippen LogP contribution < -0.4 is 10.1 Å². The number of rotatable bonds is 6. The molecule has 0 bridgehead atoms. The Kier molecular flexibility index (Phi) is 5.33. The molecule has 0 aliphatic rings. The fourth-order valence-corrected chi connectivity index (χ4v) is 2.81. The third kappa shape index (κ3) is 4.32. The zero-order chi connectivity index (χ0) is 20.1. The monoisotopic (exact) mass is 385 g/mol. The second kappa shape index (κ2) is 8.39. The van der Waals surface area contributed by atoms with Gasteiger partial charge in [0.15, 0.2) is 0 Å². The number of hydrogen-bond acceptors (Lipinski definition) is 5. The Labute approximate surface area is 168 Å². The standard InChI is InChI=1S/C23H19N3O3/c1-2-28-20-14-10-17(11-15-20)22(27)24-19-12-8-18(9-13-19)23-25-21(26-29-23)16-6-4-3-5-7-16/h3-15H,2H2,1H3,(H,24,27). The van der Waals surface area contributed by atoms with Crippen LogP contribution in [-0.4, -0.2) is 22.7 Å². The fourth-order valence-electron chi connectivity index (χ4n) is 2.81. The van der Waals surface area contributed by atoms with Crippen molar-refractivity contribution >= 4 is 11.6 Å². The molecule has 0 aliphatic heterocycles. The summed E-state index contributed by atoms with van der Waals surface area (Å²) in [6.07, 6.45) is 0. The molecular weight excluding hydrogens is 366 g/mol. The lowest BCUT2D eigenvalue weighted by molar-refractivity contribution is 0.102. The van der Waals surface area contributed by atoms with Crippen molar-refractivity contribution in [1.82, 2.24) is 10.1 Å². The molecule has 0 saturated heterocycles. The first kappa shape index (κ1) is 18.4. The van der Waals surface area contributed by atoms with E-state index in [2.05, 4.69) is 15.5 Å². The van der Waals surface area contributed by atoms with Crippen molar-refractivity contribution in [2.24, 2.45) is 0 Å². The largest absolute Gasteiger partial charge is 0.494 e. The summed E-state index contributed by atoms with van der Waals surface area (Å²) in [6, 6.07) is 23.9. The zero-order valence-corrected chi connectivity index (χ0v) is 15.8. The van der Waals surface area contributed by atoms with Gasteiger partial charge in [0.05, 0.1) is 6.61 Å². The Morgan fingerprint density at radius 2 is 1.66 bits per heavy atom. The normalized spacial score (nSPS) is 10.5. The topological polar surface area (TPSA) is 77.2 Å². The number of carbonyl (C=O) groups is 1. The van der Waals surface area contributed by atoms with Crippen LogP contribution in [0.5, 0.6) is 5.75 Å². The summed E-state index contributed by atoms with van der Waals surface area (Å²) in [5, 5.41) is 6.90. The lowest BCUT2D eigenvalue weighted by Crippen LogP contribution is -2.11. The van der Waals surface area contributed by atoms with Crippen LogP contribution in [0.1, 0.15) is 17.3 Å². The SMILES string of the molecule is CCOc1ccc(C(=O)Nc2ccc(-c3nc(-c4ccccc4)no3)cc2)cc1. The van der Waals surface area contributed by atoms with Crippen molar-refractivity contribution in [1.29, 1.82) is 0 Å². The maximum Gasteiger partial charge on any atom is 0.258 e. The molecule has 1 heterocycles. The van der Waals surface area contributed by atoms with Crippen LogP contribution in [-0.2, 0) is 0 Å². The molecule has 6 nitrogen and oxygen atoms in total. The highest BCUT2D eigenvalue weighted by atomic mass is 16.5. The van der Waals surface area contributed by atoms with Crippen LogP contribution in [0, 0.1) is 0 Å². The van der Waals surface area contributed by atoms with Gasteiger partial charge in [0.25, 0.3) is 11.8 Å². The van der Waals surface area contributed by atoms with E-state index in [9.17, 15) is 4.79 Å². The van der Waals surface area contributed by atoms with E-state index in [0.29, 0.717) is 29.6 Å². The average molecular weight is 385 g/mol. The molecule has 0 aliphatic carbocycles. The van der Waals surface area contributed by atoms with Crippen LogP contribution in [0.25, 0.3) is 22.8 Å².